The predicted octanol–water partition coefficient (Wildman–Crippen LogP) is 2.22. The molecule has 0 bridgehead atoms. The molecule has 0 aliphatic carbocycles. The van der Waals surface area contributed by atoms with Gasteiger partial charge in [0.25, 0.3) is 0 Å². The molecule has 1 saturated heterocycles. The largest absolute Gasteiger partial charge is 0.329 e. The van der Waals surface area contributed by atoms with Gasteiger partial charge in [-0.2, -0.15) is 0 Å². The molecule has 0 saturated carbocycles. The van der Waals surface area contributed by atoms with E-state index in [1.54, 1.807) is 7.11 Å². The van der Waals surface area contributed by atoms with Crippen LogP contribution in [0.1, 0.15) is 18.4 Å². The van der Waals surface area contributed by atoms with E-state index < -0.39 is 10.3 Å². The zero-order chi connectivity index (χ0) is 15.6. The molecule has 2 N–H and O–H groups in total. The van der Waals surface area contributed by atoms with Crippen molar-refractivity contribution in [3.63, 3.8) is 0 Å². The van der Waals surface area contributed by atoms with Gasteiger partial charge in [0.05, 0.1) is 11.7 Å². The highest BCUT2D eigenvalue weighted by Crippen LogP contribution is 2.53. The second-order valence-corrected chi connectivity index (χ2v) is 8.26. The van der Waals surface area contributed by atoms with Crippen molar-refractivity contribution >= 4 is 27.1 Å². The van der Waals surface area contributed by atoms with Crippen LogP contribution in [-0.4, -0.2) is 37.0 Å². The van der Waals surface area contributed by atoms with Gasteiger partial charge in [-0.05, 0) is 25.6 Å². The first-order valence-corrected chi connectivity index (χ1v) is 9.39. The van der Waals surface area contributed by atoms with Gasteiger partial charge >= 0.3 is 0 Å². The third kappa shape index (κ3) is 2.95. The van der Waals surface area contributed by atoms with Gasteiger partial charge in [-0.25, -0.2) is 4.99 Å². The van der Waals surface area contributed by atoms with Gasteiger partial charge in [-0.1, -0.05) is 40.6 Å². The Labute approximate surface area is 132 Å². The third-order valence-corrected chi connectivity index (χ3v) is 6.29. The summed E-state index contributed by atoms with van der Waals surface area (Å²) >= 11 is 0. The van der Waals surface area contributed by atoms with Crippen molar-refractivity contribution in [2.75, 3.05) is 19.9 Å². The molecule has 0 aromatic heterocycles. The minimum absolute atomic E-state index is 0.0188. The Morgan fingerprint density at radius 2 is 2.18 bits per heavy atom. The standard InChI is InChI=1S/C16H21N3O2S/c1-21-22(2)11-14(12-7-4-3-5-8-12)18-16(22)19-15(20)13-9-6-10-17-13/h3-5,7-8,11,13,17H,6,9-10H2,1-2H3,(H,18,19,20). The Hall–Kier alpha value is -1.63. The summed E-state index contributed by atoms with van der Waals surface area (Å²) < 4.78 is 5.67. The van der Waals surface area contributed by atoms with E-state index in [0.29, 0.717) is 5.17 Å². The minimum Gasteiger partial charge on any atom is -0.329 e. The smallest absolute Gasteiger partial charge is 0.243 e. The molecule has 2 unspecified atom stereocenters. The Bertz CT molecular complexity index is 624. The maximum absolute atomic E-state index is 12.3. The number of hydrogen-bond donors (Lipinski definition) is 2. The highest BCUT2D eigenvalue weighted by Gasteiger charge is 2.33. The van der Waals surface area contributed by atoms with Crippen LogP contribution in [0.4, 0.5) is 0 Å². The second-order valence-electron chi connectivity index (χ2n) is 5.49. The Morgan fingerprint density at radius 3 is 2.82 bits per heavy atom. The van der Waals surface area contributed by atoms with Crippen LogP contribution in [-0.2, 0) is 8.98 Å². The number of carbonyl (C=O) groups is 1. The number of nitrogens with zero attached hydrogens (tertiary/aromatic N) is 1. The van der Waals surface area contributed by atoms with Gasteiger partial charge in [0.2, 0.25) is 5.91 Å². The molecule has 22 heavy (non-hydrogen) atoms. The summed E-state index contributed by atoms with van der Waals surface area (Å²) in [6, 6.07) is 9.82. The van der Waals surface area contributed by atoms with Crippen molar-refractivity contribution in [3.05, 3.63) is 41.3 Å². The first kappa shape index (κ1) is 15.3. The molecule has 118 valence electrons. The van der Waals surface area contributed by atoms with Gasteiger partial charge < -0.3 is 14.8 Å². The normalized spacial score (nSPS) is 30.4. The quantitative estimate of drug-likeness (QED) is 0.898. The van der Waals surface area contributed by atoms with Crippen molar-refractivity contribution in [1.82, 2.24) is 10.6 Å². The van der Waals surface area contributed by atoms with E-state index in [4.69, 9.17) is 4.18 Å². The van der Waals surface area contributed by atoms with Crippen LogP contribution < -0.4 is 10.6 Å². The van der Waals surface area contributed by atoms with E-state index in [1.807, 2.05) is 42.0 Å². The minimum atomic E-state index is -1.68. The Kier molecular flexibility index (Phi) is 4.33. The summed E-state index contributed by atoms with van der Waals surface area (Å²) in [6.45, 7) is 0.895. The summed E-state index contributed by atoms with van der Waals surface area (Å²) in [5.41, 5.74) is 1.89. The topological polar surface area (TPSA) is 62.7 Å². The van der Waals surface area contributed by atoms with Gasteiger partial charge in [-0.15, -0.1) is 0 Å². The van der Waals surface area contributed by atoms with E-state index in [0.717, 1.165) is 30.6 Å². The summed E-state index contributed by atoms with van der Waals surface area (Å²) in [5, 5.41) is 8.83. The number of rotatable bonds is 3. The monoisotopic (exact) mass is 319 g/mol. The van der Waals surface area contributed by atoms with Gasteiger partial charge in [0, 0.05) is 18.1 Å². The predicted molar refractivity (Wildman–Crippen MR) is 91.5 cm³/mol. The molecular formula is C16H21N3O2S. The number of hydrogen-bond acceptors (Lipinski definition) is 4. The zero-order valence-electron chi connectivity index (χ0n) is 12.8. The molecule has 0 radical (unpaired) electrons. The maximum Gasteiger partial charge on any atom is 0.243 e. The molecule has 1 amide bonds. The first-order chi connectivity index (χ1) is 10.6. The van der Waals surface area contributed by atoms with Crippen molar-refractivity contribution in [2.24, 2.45) is 4.99 Å². The summed E-state index contributed by atoms with van der Waals surface area (Å²) in [5.74, 6) is -0.0188. The van der Waals surface area contributed by atoms with E-state index in [1.165, 1.54) is 0 Å². The molecular weight excluding hydrogens is 298 g/mol. The van der Waals surface area contributed by atoms with Crippen molar-refractivity contribution in [3.8, 4) is 0 Å². The molecule has 2 aliphatic heterocycles. The molecule has 1 aromatic carbocycles. The Morgan fingerprint density at radius 1 is 1.41 bits per heavy atom. The molecule has 2 heterocycles. The van der Waals surface area contributed by atoms with E-state index in [9.17, 15) is 4.79 Å². The number of nitrogens with one attached hydrogen (secondary N) is 2. The van der Waals surface area contributed by atoms with E-state index >= 15 is 0 Å². The molecule has 6 heteroatoms. The highest BCUT2D eigenvalue weighted by molar-refractivity contribution is 8.43. The molecule has 0 spiro atoms. The lowest BCUT2D eigenvalue weighted by molar-refractivity contribution is -0.121. The van der Waals surface area contributed by atoms with Crippen LogP contribution >= 0.6 is 10.3 Å². The van der Waals surface area contributed by atoms with Gasteiger partial charge in [0.15, 0.2) is 5.17 Å². The third-order valence-electron chi connectivity index (χ3n) is 3.97. The van der Waals surface area contributed by atoms with Crippen LogP contribution in [0.5, 0.6) is 0 Å². The number of carbonyl (C=O) groups excluding carboxylic acids is 1. The summed E-state index contributed by atoms with van der Waals surface area (Å²) in [6.07, 6.45) is 3.90. The Balaban J connectivity index is 1.82. The number of amides is 1. The lowest BCUT2D eigenvalue weighted by Gasteiger charge is -2.28. The number of benzene rings is 1. The van der Waals surface area contributed by atoms with Crippen LogP contribution in [0, 0.1) is 0 Å². The average Bonchev–Trinajstić information content (AvgIpc) is 3.18. The molecule has 1 fully saturated rings. The second kappa shape index (κ2) is 6.24. The molecule has 1 aromatic rings. The fraction of sp³-hybridized carbons (Fsp3) is 0.375. The maximum atomic E-state index is 12.3. The molecule has 2 atom stereocenters. The molecule has 3 rings (SSSR count). The fourth-order valence-corrected chi connectivity index (χ4v) is 4.16. The van der Waals surface area contributed by atoms with E-state index in [2.05, 4.69) is 15.6 Å². The zero-order valence-corrected chi connectivity index (χ0v) is 13.7. The number of aliphatic imine (C=N–C) groups is 1. The van der Waals surface area contributed by atoms with Crippen LogP contribution in [0.3, 0.4) is 0 Å². The first-order valence-electron chi connectivity index (χ1n) is 7.36. The summed E-state index contributed by atoms with van der Waals surface area (Å²) in [4.78, 5) is 17.0. The van der Waals surface area contributed by atoms with Crippen molar-refractivity contribution in [1.29, 1.82) is 0 Å². The highest BCUT2D eigenvalue weighted by atomic mass is 32.3. The van der Waals surface area contributed by atoms with Crippen LogP contribution in [0.2, 0.25) is 0 Å². The molecule has 2 aliphatic rings. The lowest BCUT2D eigenvalue weighted by atomic mass is 10.2. The van der Waals surface area contributed by atoms with Crippen molar-refractivity contribution < 1.29 is 8.98 Å². The van der Waals surface area contributed by atoms with Crippen molar-refractivity contribution in [2.45, 2.75) is 18.9 Å². The van der Waals surface area contributed by atoms with E-state index in [-0.39, 0.29) is 11.9 Å². The SMILES string of the molecule is COS1(C)C=C(c2ccccc2)N=C1NC(=O)C1CCCN1. The van der Waals surface area contributed by atoms with Crippen LogP contribution in [0.25, 0.3) is 5.70 Å². The van der Waals surface area contributed by atoms with Gasteiger partial charge in [-0.3, -0.25) is 4.79 Å². The average molecular weight is 319 g/mol. The van der Waals surface area contributed by atoms with Crippen LogP contribution in [0.15, 0.2) is 40.7 Å². The fourth-order valence-electron chi connectivity index (χ4n) is 2.59. The molecule has 5 nitrogen and oxygen atoms in total. The number of amidine groups is 1. The summed E-state index contributed by atoms with van der Waals surface area (Å²) in [7, 11) is -0.0142. The van der Waals surface area contributed by atoms with Gasteiger partial charge in [0.1, 0.15) is 0 Å². The lowest BCUT2D eigenvalue weighted by Crippen LogP contribution is -2.44.